The van der Waals surface area contributed by atoms with Gasteiger partial charge in [0.25, 0.3) is 0 Å². The number of rotatable bonds is 6. The van der Waals surface area contributed by atoms with Crippen molar-refractivity contribution in [2.24, 2.45) is 7.05 Å². The van der Waals surface area contributed by atoms with Crippen LogP contribution in [0.25, 0.3) is 11.4 Å². The molecule has 1 amide bonds. The van der Waals surface area contributed by atoms with Crippen molar-refractivity contribution < 1.29 is 9.18 Å². The van der Waals surface area contributed by atoms with Gasteiger partial charge in [-0.1, -0.05) is 48.2 Å². The maximum absolute atomic E-state index is 13.3. The summed E-state index contributed by atoms with van der Waals surface area (Å²) >= 11 is 1.33. The minimum absolute atomic E-state index is 0.109. The highest BCUT2D eigenvalue weighted by molar-refractivity contribution is 7.99. The normalized spacial score (nSPS) is 10.8. The Morgan fingerprint density at radius 3 is 2.67 bits per heavy atom. The minimum atomic E-state index is -0.243. The van der Waals surface area contributed by atoms with E-state index < -0.39 is 0 Å². The van der Waals surface area contributed by atoms with Gasteiger partial charge in [0.05, 0.1) is 5.75 Å². The number of nitrogens with one attached hydrogen (secondary N) is 1. The molecule has 0 bridgehead atoms. The van der Waals surface area contributed by atoms with Crippen LogP contribution in [0.5, 0.6) is 0 Å². The van der Waals surface area contributed by atoms with Crippen molar-refractivity contribution in [3.8, 4) is 11.4 Å². The van der Waals surface area contributed by atoms with Gasteiger partial charge in [-0.2, -0.15) is 0 Å². The highest BCUT2D eigenvalue weighted by atomic mass is 32.2. The summed E-state index contributed by atoms with van der Waals surface area (Å²) in [7, 11) is 1.89. The Hall–Kier alpha value is -2.67. The van der Waals surface area contributed by atoms with Crippen molar-refractivity contribution in [1.82, 2.24) is 20.1 Å². The second-order valence-corrected chi connectivity index (χ2v) is 7.27. The Morgan fingerprint density at radius 2 is 1.93 bits per heavy atom. The van der Waals surface area contributed by atoms with Crippen LogP contribution in [0.2, 0.25) is 0 Å². The van der Waals surface area contributed by atoms with Gasteiger partial charge >= 0.3 is 0 Å². The first kappa shape index (κ1) is 19.1. The van der Waals surface area contributed by atoms with E-state index in [1.165, 1.54) is 17.8 Å². The zero-order valence-corrected chi connectivity index (χ0v) is 16.3. The molecule has 0 saturated carbocycles. The second kappa shape index (κ2) is 8.35. The lowest BCUT2D eigenvalue weighted by Gasteiger charge is -2.07. The SMILES string of the molecule is Cc1cc(CNC(=O)CSc2nnc(-c3ccccc3C)n2C)ccc1F. The molecule has 0 unspecified atom stereocenters. The van der Waals surface area contributed by atoms with Gasteiger partial charge < -0.3 is 9.88 Å². The molecule has 140 valence electrons. The van der Waals surface area contributed by atoms with Crippen LogP contribution in [0.4, 0.5) is 4.39 Å². The number of thioether (sulfide) groups is 1. The van der Waals surface area contributed by atoms with Crippen molar-refractivity contribution in [3.63, 3.8) is 0 Å². The maximum atomic E-state index is 13.3. The first-order chi connectivity index (χ1) is 13.0. The van der Waals surface area contributed by atoms with Crippen LogP contribution >= 0.6 is 11.8 Å². The van der Waals surface area contributed by atoms with Gasteiger partial charge in [0.15, 0.2) is 11.0 Å². The molecule has 2 aromatic carbocycles. The van der Waals surface area contributed by atoms with Gasteiger partial charge in [0.2, 0.25) is 5.91 Å². The molecule has 0 saturated heterocycles. The van der Waals surface area contributed by atoms with E-state index in [9.17, 15) is 9.18 Å². The molecule has 5 nitrogen and oxygen atoms in total. The zero-order chi connectivity index (χ0) is 19.4. The Balaban J connectivity index is 1.58. The molecule has 0 aliphatic carbocycles. The van der Waals surface area contributed by atoms with E-state index in [1.54, 1.807) is 19.1 Å². The number of halogens is 1. The molecule has 3 rings (SSSR count). The summed E-state index contributed by atoms with van der Waals surface area (Å²) in [6.45, 7) is 4.10. The fraction of sp³-hybridized carbons (Fsp3) is 0.250. The van der Waals surface area contributed by atoms with Gasteiger partial charge in [0, 0.05) is 19.2 Å². The number of hydrogen-bond acceptors (Lipinski definition) is 4. The number of carbonyl (C=O) groups excluding carboxylic acids is 1. The molecule has 0 spiro atoms. The Labute approximate surface area is 162 Å². The Morgan fingerprint density at radius 1 is 1.15 bits per heavy atom. The number of aromatic nitrogens is 3. The topological polar surface area (TPSA) is 59.8 Å². The third-order valence-corrected chi connectivity index (χ3v) is 5.29. The van der Waals surface area contributed by atoms with Crippen LogP contribution < -0.4 is 5.32 Å². The van der Waals surface area contributed by atoms with Crippen molar-refractivity contribution in [2.75, 3.05) is 5.75 Å². The highest BCUT2D eigenvalue weighted by Crippen LogP contribution is 2.24. The van der Waals surface area contributed by atoms with E-state index in [4.69, 9.17) is 0 Å². The Bertz CT molecular complexity index is 970. The molecule has 27 heavy (non-hydrogen) atoms. The van der Waals surface area contributed by atoms with Gasteiger partial charge in [-0.15, -0.1) is 10.2 Å². The first-order valence-corrected chi connectivity index (χ1v) is 9.54. The van der Waals surface area contributed by atoms with Crippen LogP contribution in [0.15, 0.2) is 47.6 Å². The van der Waals surface area contributed by atoms with Gasteiger partial charge in [-0.3, -0.25) is 4.79 Å². The highest BCUT2D eigenvalue weighted by Gasteiger charge is 2.14. The number of amides is 1. The summed E-state index contributed by atoms with van der Waals surface area (Å²) in [5.74, 6) is 0.660. The van der Waals surface area contributed by atoms with Crippen LogP contribution in [-0.4, -0.2) is 26.4 Å². The lowest BCUT2D eigenvalue weighted by Crippen LogP contribution is -2.24. The molecule has 1 N–H and O–H groups in total. The van der Waals surface area contributed by atoms with E-state index in [0.29, 0.717) is 17.3 Å². The average Bonchev–Trinajstić information content (AvgIpc) is 3.02. The quantitative estimate of drug-likeness (QED) is 0.659. The predicted octanol–water partition coefficient (Wildman–Crippen LogP) is 3.65. The van der Waals surface area contributed by atoms with Crippen LogP contribution in [-0.2, 0) is 18.4 Å². The van der Waals surface area contributed by atoms with E-state index in [-0.39, 0.29) is 17.5 Å². The van der Waals surface area contributed by atoms with E-state index >= 15 is 0 Å². The average molecular weight is 384 g/mol. The van der Waals surface area contributed by atoms with Crippen molar-refractivity contribution in [1.29, 1.82) is 0 Å². The van der Waals surface area contributed by atoms with Crippen LogP contribution in [0.3, 0.4) is 0 Å². The smallest absolute Gasteiger partial charge is 0.230 e. The van der Waals surface area contributed by atoms with Gasteiger partial charge in [-0.25, -0.2) is 4.39 Å². The number of aryl methyl sites for hydroxylation is 2. The molecular weight excluding hydrogens is 363 g/mol. The van der Waals surface area contributed by atoms with Crippen molar-refractivity contribution in [2.45, 2.75) is 25.5 Å². The Kier molecular flexibility index (Phi) is 5.91. The zero-order valence-electron chi connectivity index (χ0n) is 15.5. The monoisotopic (exact) mass is 384 g/mol. The molecule has 1 aromatic heterocycles. The number of nitrogens with zero attached hydrogens (tertiary/aromatic N) is 3. The largest absolute Gasteiger partial charge is 0.351 e. The molecular formula is C20H21FN4OS. The predicted molar refractivity (Wildman–Crippen MR) is 105 cm³/mol. The van der Waals surface area contributed by atoms with Crippen LogP contribution in [0, 0.1) is 19.7 Å². The lowest BCUT2D eigenvalue weighted by molar-refractivity contribution is -0.118. The summed E-state index contributed by atoms with van der Waals surface area (Å²) < 4.78 is 15.2. The summed E-state index contributed by atoms with van der Waals surface area (Å²) in [5.41, 5.74) is 3.58. The third-order valence-electron chi connectivity index (χ3n) is 4.27. The van der Waals surface area contributed by atoms with Crippen molar-refractivity contribution >= 4 is 17.7 Å². The molecule has 1 heterocycles. The minimum Gasteiger partial charge on any atom is -0.351 e. The summed E-state index contributed by atoms with van der Waals surface area (Å²) in [5, 5.41) is 12.0. The van der Waals surface area contributed by atoms with E-state index in [0.717, 1.165) is 22.5 Å². The molecule has 3 aromatic rings. The fourth-order valence-electron chi connectivity index (χ4n) is 2.70. The number of benzene rings is 2. The maximum Gasteiger partial charge on any atom is 0.230 e. The van der Waals surface area contributed by atoms with E-state index in [2.05, 4.69) is 15.5 Å². The van der Waals surface area contributed by atoms with Crippen LogP contribution in [0.1, 0.15) is 16.7 Å². The molecule has 7 heteroatoms. The van der Waals surface area contributed by atoms with Crippen molar-refractivity contribution in [3.05, 3.63) is 65.0 Å². The molecule has 0 fully saturated rings. The summed E-state index contributed by atoms with van der Waals surface area (Å²) in [6, 6.07) is 12.8. The molecule has 0 aliphatic rings. The molecule has 0 radical (unpaired) electrons. The first-order valence-electron chi connectivity index (χ1n) is 8.55. The van der Waals surface area contributed by atoms with E-state index in [1.807, 2.05) is 42.8 Å². The summed E-state index contributed by atoms with van der Waals surface area (Å²) in [4.78, 5) is 12.1. The number of hydrogen-bond donors (Lipinski definition) is 1. The second-order valence-electron chi connectivity index (χ2n) is 6.33. The summed E-state index contributed by atoms with van der Waals surface area (Å²) in [6.07, 6.45) is 0. The molecule has 0 atom stereocenters. The third kappa shape index (κ3) is 4.54. The lowest BCUT2D eigenvalue weighted by atomic mass is 10.1. The fourth-order valence-corrected chi connectivity index (χ4v) is 3.44. The van der Waals surface area contributed by atoms with Gasteiger partial charge in [-0.05, 0) is 36.6 Å². The number of carbonyl (C=O) groups is 1. The standard InChI is InChI=1S/C20H21FN4OS/c1-13-6-4-5-7-16(13)19-23-24-20(25(19)3)27-12-18(26)22-11-15-8-9-17(21)14(2)10-15/h4-10H,11-12H2,1-3H3,(H,22,26). The van der Waals surface area contributed by atoms with Gasteiger partial charge in [0.1, 0.15) is 5.82 Å². The molecule has 0 aliphatic heterocycles.